The molecule has 4 nitrogen and oxygen atoms in total. The van der Waals surface area contributed by atoms with Gasteiger partial charge in [-0.25, -0.2) is 4.98 Å². The highest BCUT2D eigenvalue weighted by atomic mass is 32.1. The van der Waals surface area contributed by atoms with Crippen LogP contribution in [0.5, 0.6) is 5.88 Å². The van der Waals surface area contributed by atoms with Gasteiger partial charge < -0.3 is 9.47 Å². The minimum atomic E-state index is 0.114. The van der Waals surface area contributed by atoms with Gasteiger partial charge in [0, 0.05) is 41.1 Å². The second kappa shape index (κ2) is 6.59. The molecule has 2 aromatic heterocycles. The number of pyridine rings is 1. The zero-order valence-electron chi connectivity index (χ0n) is 13.4. The Kier molecular flexibility index (Phi) is 4.33. The number of fused-ring (bicyclic) bond motifs is 1. The molecule has 0 spiro atoms. The Bertz CT molecular complexity index is 645. The average molecular weight is 330 g/mol. The third-order valence-electron chi connectivity index (χ3n) is 4.72. The van der Waals surface area contributed by atoms with Crippen molar-refractivity contribution in [1.29, 1.82) is 0 Å². The maximum atomic E-state index is 6.09. The number of aromatic nitrogens is 1. The Labute approximate surface area is 141 Å². The van der Waals surface area contributed by atoms with Crippen LogP contribution in [0.2, 0.25) is 0 Å². The fourth-order valence-corrected chi connectivity index (χ4v) is 4.57. The summed E-state index contributed by atoms with van der Waals surface area (Å²) in [6, 6.07) is 10.7. The molecule has 0 bridgehead atoms. The molecule has 2 aromatic rings. The van der Waals surface area contributed by atoms with E-state index in [0.717, 1.165) is 32.5 Å². The number of nitrogens with zero attached hydrogens (tertiary/aromatic N) is 2. The molecule has 5 heteroatoms. The zero-order valence-corrected chi connectivity index (χ0v) is 14.2. The van der Waals surface area contributed by atoms with E-state index >= 15 is 0 Å². The van der Waals surface area contributed by atoms with Crippen molar-refractivity contribution in [3.05, 3.63) is 46.3 Å². The van der Waals surface area contributed by atoms with Gasteiger partial charge in [0.1, 0.15) is 12.2 Å². The van der Waals surface area contributed by atoms with E-state index < -0.39 is 0 Å². The number of aryl methyl sites for hydroxylation is 1. The van der Waals surface area contributed by atoms with Crippen molar-refractivity contribution in [3.8, 4) is 5.88 Å². The molecular formula is C18H22N2O2S. The number of rotatable bonds is 4. The van der Waals surface area contributed by atoms with E-state index in [0.29, 0.717) is 11.9 Å². The predicted molar refractivity (Wildman–Crippen MR) is 90.9 cm³/mol. The summed E-state index contributed by atoms with van der Waals surface area (Å²) in [4.78, 5) is 9.67. The molecule has 2 aliphatic rings. The standard InChI is InChI=1S/C18H22N2O2S/c1-13-5-6-14(23-13)12-20-10-11-21-18-15(20)7-8-16(18)22-17-4-2-3-9-19-17/h2-6,9,15-16,18H,7-8,10-12H2,1H3/t15-,16+,18+/m0/s1. The van der Waals surface area contributed by atoms with Gasteiger partial charge in [-0.1, -0.05) is 6.07 Å². The van der Waals surface area contributed by atoms with Crippen molar-refractivity contribution >= 4 is 11.3 Å². The van der Waals surface area contributed by atoms with E-state index in [9.17, 15) is 0 Å². The lowest BCUT2D eigenvalue weighted by Crippen LogP contribution is -2.51. The van der Waals surface area contributed by atoms with E-state index in [1.807, 2.05) is 29.5 Å². The molecule has 1 aliphatic heterocycles. The summed E-state index contributed by atoms with van der Waals surface area (Å²) in [5, 5.41) is 0. The maximum absolute atomic E-state index is 6.09. The van der Waals surface area contributed by atoms with Gasteiger partial charge in [0.2, 0.25) is 5.88 Å². The van der Waals surface area contributed by atoms with Gasteiger partial charge in [-0.3, -0.25) is 4.90 Å². The molecule has 4 rings (SSSR count). The largest absolute Gasteiger partial charge is 0.472 e. The highest BCUT2D eigenvalue weighted by molar-refractivity contribution is 7.11. The first kappa shape index (κ1) is 15.1. The van der Waals surface area contributed by atoms with Crippen molar-refractivity contribution < 1.29 is 9.47 Å². The summed E-state index contributed by atoms with van der Waals surface area (Å²) < 4.78 is 12.2. The van der Waals surface area contributed by atoms with Crippen molar-refractivity contribution in [3.63, 3.8) is 0 Å². The normalized spacial score (nSPS) is 27.8. The Morgan fingerprint density at radius 2 is 2.26 bits per heavy atom. The lowest BCUT2D eigenvalue weighted by molar-refractivity contribution is -0.0920. The fourth-order valence-electron chi connectivity index (χ4n) is 3.66. The quantitative estimate of drug-likeness (QED) is 0.862. The topological polar surface area (TPSA) is 34.6 Å². The first-order valence-corrected chi connectivity index (χ1v) is 9.10. The molecule has 0 amide bonds. The van der Waals surface area contributed by atoms with Crippen molar-refractivity contribution in [2.75, 3.05) is 13.2 Å². The van der Waals surface area contributed by atoms with Crippen LogP contribution in [0.15, 0.2) is 36.5 Å². The van der Waals surface area contributed by atoms with Crippen LogP contribution in [0, 0.1) is 6.92 Å². The average Bonchev–Trinajstić information content (AvgIpc) is 3.16. The minimum Gasteiger partial charge on any atom is -0.472 e. The molecular weight excluding hydrogens is 308 g/mol. The zero-order chi connectivity index (χ0) is 15.6. The molecule has 3 heterocycles. The maximum Gasteiger partial charge on any atom is 0.213 e. The Balaban J connectivity index is 1.43. The summed E-state index contributed by atoms with van der Waals surface area (Å²) in [5.41, 5.74) is 0. The monoisotopic (exact) mass is 330 g/mol. The van der Waals surface area contributed by atoms with Crippen LogP contribution >= 0.6 is 11.3 Å². The van der Waals surface area contributed by atoms with Crippen LogP contribution in [-0.2, 0) is 11.3 Å². The van der Waals surface area contributed by atoms with Gasteiger partial charge in [-0.05, 0) is 38.0 Å². The van der Waals surface area contributed by atoms with Crippen LogP contribution in [0.3, 0.4) is 0 Å². The summed E-state index contributed by atoms with van der Waals surface area (Å²) in [6.45, 7) is 4.99. The second-order valence-electron chi connectivity index (χ2n) is 6.29. The fraction of sp³-hybridized carbons (Fsp3) is 0.500. The van der Waals surface area contributed by atoms with Gasteiger partial charge in [0.25, 0.3) is 0 Å². The van der Waals surface area contributed by atoms with E-state index in [4.69, 9.17) is 9.47 Å². The number of thiophene rings is 1. The van der Waals surface area contributed by atoms with E-state index in [1.165, 1.54) is 9.75 Å². The van der Waals surface area contributed by atoms with Crippen LogP contribution in [-0.4, -0.2) is 41.3 Å². The van der Waals surface area contributed by atoms with Crippen molar-refractivity contribution in [2.45, 2.75) is 44.6 Å². The van der Waals surface area contributed by atoms with E-state index in [1.54, 1.807) is 6.20 Å². The summed E-state index contributed by atoms with van der Waals surface area (Å²) in [7, 11) is 0. The molecule has 0 N–H and O–H groups in total. The van der Waals surface area contributed by atoms with Crippen LogP contribution < -0.4 is 4.74 Å². The highest BCUT2D eigenvalue weighted by Gasteiger charge is 2.44. The molecule has 0 radical (unpaired) electrons. The Morgan fingerprint density at radius 3 is 3.04 bits per heavy atom. The minimum absolute atomic E-state index is 0.114. The molecule has 122 valence electrons. The number of hydrogen-bond donors (Lipinski definition) is 0. The van der Waals surface area contributed by atoms with E-state index in [2.05, 4.69) is 28.9 Å². The number of hydrogen-bond acceptors (Lipinski definition) is 5. The van der Waals surface area contributed by atoms with Crippen LogP contribution in [0.4, 0.5) is 0 Å². The molecule has 3 atom stereocenters. The smallest absolute Gasteiger partial charge is 0.213 e. The third-order valence-corrected chi connectivity index (χ3v) is 5.70. The second-order valence-corrected chi connectivity index (χ2v) is 7.66. The molecule has 0 unspecified atom stereocenters. The molecule has 0 aromatic carbocycles. The summed E-state index contributed by atoms with van der Waals surface area (Å²) >= 11 is 1.90. The lowest BCUT2D eigenvalue weighted by Gasteiger charge is -2.38. The van der Waals surface area contributed by atoms with E-state index in [-0.39, 0.29) is 12.2 Å². The molecule has 1 saturated heterocycles. The molecule has 23 heavy (non-hydrogen) atoms. The predicted octanol–water partition coefficient (Wildman–Crippen LogP) is 3.26. The summed E-state index contributed by atoms with van der Waals surface area (Å²) in [6.07, 6.45) is 4.21. The number of morpholine rings is 1. The van der Waals surface area contributed by atoms with Crippen molar-refractivity contribution in [1.82, 2.24) is 9.88 Å². The lowest BCUT2D eigenvalue weighted by atomic mass is 10.1. The molecule has 1 saturated carbocycles. The Hall–Kier alpha value is -1.43. The summed E-state index contributed by atoms with van der Waals surface area (Å²) in [5.74, 6) is 0.702. The third kappa shape index (κ3) is 3.27. The number of ether oxygens (including phenoxy) is 2. The molecule has 2 fully saturated rings. The van der Waals surface area contributed by atoms with Crippen LogP contribution in [0.1, 0.15) is 22.6 Å². The van der Waals surface area contributed by atoms with Gasteiger partial charge in [0.05, 0.1) is 6.61 Å². The molecule has 1 aliphatic carbocycles. The SMILES string of the molecule is Cc1ccc(CN2CCO[C@H]3[C@H](Oc4ccccn4)CC[C@@H]32)s1. The van der Waals surface area contributed by atoms with Crippen LogP contribution in [0.25, 0.3) is 0 Å². The Morgan fingerprint density at radius 1 is 1.30 bits per heavy atom. The first-order valence-electron chi connectivity index (χ1n) is 8.28. The van der Waals surface area contributed by atoms with Gasteiger partial charge >= 0.3 is 0 Å². The first-order chi connectivity index (χ1) is 11.3. The van der Waals surface area contributed by atoms with Gasteiger partial charge in [0.15, 0.2) is 0 Å². The van der Waals surface area contributed by atoms with Gasteiger partial charge in [-0.15, -0.1) is 11.3 Å². The van der Waals surface area contributed by atoms with Gasteiger partial charge in [-0.2, -0.15) is 0 Å². The van der Waals surface area contributed by atoms with Crippen molar-refractivity contribution in [2.24, 2.45) is 0 Å². The highest BCUT2D eigenvalue weighted by Crippen LogP contribution is 2.34.